The van der Waals surface area contributed by atoms with Crippen molar-refractivity contribution in [1.82, 2.24) is 15.1 Å². The summed E-state index contributed by atoms with van der Waals surface area (Å²) >= 11 is 0. The Labute approximate surface area is 148 Å². The van der Waals surface area contributed by atoms with E-state index in [1.807, 2.05) is 4.90 Å². The molecule has 140 valence electrons. The Morgan fingerprint density at radius 1 is 0.840 bits per heavy atom. The van der Waals surface area contributed by atoms with Crippen molar-refractivity contribution in [2.24, 2.45) is 11.8 Å². The summed E-state index contributed by atoms with van der Waals surface area (Å²) in [6.45, 7) is 2.63. The molecule has 25 heavy (non-hydrogen) atoms. The molecule has 2 saturated heterocycles. The molecule has 0 bridgehead atoms. The number of nitrogens with zero attached hydrogens (tertiary/aromatic N) is 2. The molecule has 3 aliphatic rings. The third kappa shape index (κ3) is 4.44. The van der Waals surface area contributed by atoms with Gasteiger partial charge in [-0.2, -0.15) is 0 Å². The fourth-order valence-electron chi connectivity index (χ4n) is 4.34. The molecule has 3 amide bonds. The number of carboxylic acid groups (broad SMARTS) is 1. The van der Waals surface area contributed by atoms with Crippen LogP contribution in [0.5, 0.6) is 0 Å². The topological polar surface area (TPSA) is 90.0 Å². The van der Waals surface area contributed by atoms with Gasteiger partial charge >= 0.3 is 12.0 Å². The summed E-state index contributed by atoms with van der Waals surface area (Å²) in [5.74, 6) is -1.01. The molecule has 1 saturated carbocycles. The second kappa shape index (κ2) is 8.06. The number of hydrogen-bond donors (Lipinski definition) is 2. The SMILES string of the molecule is O=C(O)C1CCCN(C(=O)N[C@H]2CC[C@@H](C(=O)N3CCCCC3)C2)C1. The van der Waals surface area contributed by atoms with Crippen molar-refractivity contribution in [3.63, 3.8) is 0 Å². The van der Waals surface area contributed by atoms with E-state index in [2.05, 4.69) is 5.32 Å². The van der Waals surface area contributed by atoms with Crippen LogP contribution in [0, 0.1) is 11.8 Å². The van der Waals surface area contributed by atoms with Crippen LogP contribution in [0.3, 0.4) is 0 Å². The van der Waals surface area contributed by atoms with Crippen molar-refractivity contribution in [2.75, 3.05) is 26.2 Å². The molecule has 2 heterocycles. The average Bonchev–Trinajstić information content (AvgIpc) is 3.10. The summed E-state index contributed by atoms with van der Waals surface area (Å²) in [5.41, 5.74) is 0. The Balaban J connectivity index is 1.46. The van der Waals surface area contributed by atoms with Crippen LogP contribution < -0.4 is 5.32 Å². The highest BCUT2D eigenvalue weighted by Gasteiger charge is 2.35. The third-order valence-electron chi connectivity index (χ3n) is 5.84. The highest BCUT2D eigenvalue weighted by Crippen LogP contribution is 2.29. The van der Waals surface area contributed by atoms with Crippen LogP contribution in [0.25, 0.3) is 0 Å². The molecule has 0 spiro atoms. The molecule has 0 radical (unpaired) electrons. The maximum Gasteiger partial charge on any atom is 0.317 e. The number of piperidine rings is 2. The molecule has 2 aliphatic heterocycles. The van der Waals surface area contributed by atoms with Crippen molar-refractivity contribution >= 4 is 17.9 Å². The number of aliphatic carboxylic acids is 1. The molecule has 3 atom stereocenters. The van der Waals surface area contributed by atoms with Crippen LogP contribution in [0.4, 0.5) is 4.79 Å². The van der Waals surface area contributed by atoms with Crippen molar-refractivity contribution < 1.29 is 19.5 Å². The molecule has 0 aromatic rings. The summed E-state index contributed by atoms with van der Waals surface area (Å²) in [6, 6.07) is -0.154. The molecule has 0 aromatic heterocycles. The summed E-state index contributed by atoms with van der Waals surface area (Å²) in [6.07, 6.45) is 7.12. The van der Waals surface area contributed by atoms with Gasteiger partial charge in [0.2, 0.25) is 5.91 Å². The smallest absolute Gasteiger partial charge is 0.317 e. The number of amides is 3. The van der Waals surface area contributed by atoms with Gasteiger partial charge in [-0.25, -0.2) is 4.79 Å². The quantitative estimate of drug-likeness (QED) is 0.809. The van der Waals surface area contributed by atoms with E-state index in [1.165, 1.54) is 6.42 Å². The fraction of sp³-hybridized carbons (Fsp3) is 0.833. The lowest BCUT2D eigenvalue weighted by Crippen LogP contribution is -2.49. The molecular weight excluding hydrogens is 322 g/mol. The zero-order valence-corrected chi connectivity index (χ0v) is 14.8. The first-order valence-corrected chi connectivity index (χ1v) is 9.61. The Morgan fingerprint density at radius 2 is 1.56 bits per heavy atom. The summed E-state index contributed by atoms with van der Waals surface area (Å²) in [4.78, 5) is 39.8. The normalized spacial score (nSPS) is 30.2. The minimum absolute atomic E-state index is 0.0245. The van der Waals surface area contributed by atoms with E-state index < -0.39 is 11.9 Å². The molecule has 1 unspecified atom stereocenters. The highest BCUT2D eigenvalue weighted by atomic mass is 16.4. The maximum atomic E-state index is 12.6. The Hall–Kier alpha value is -1.79. The van der Waals surface area contributed by atoms with E-state index in [4.69, 9.17) is 5.11 Å². The third-order valence-corrected chi connectivity index (χ3v) is 5.84. The van der Waals surface area contributed by atoms with Crippen molar-refractivity contribution in [3.8, 4) is 0 Å². The van der Waals surface area contributed by atoms with Gasteiger partial charge in [-0.15, -0.1) is 0 Å². The van der Waals surface area contributed by atoms with Crippen LogP contribution in [-0.4, -0.2) is 65.0 Å². The van der Waals surface area contributed by atoms with Gasteiger partial charge in [-0.05, 0) is 51.4 Å². The van der Waals surface area contributed by atoms with E-state index in [-0.39, 0.29) is 30.4 Å². The first kappa shape index (κ1) is 18.0. The first-order valence-electron chi connectivity index (χ1n) is 9.61. The van der Waals surface area contributed by atoms with E-state index in [0.29, 0.717) is 19.4 Å². The van der Waals surface area contributed by atoms with Gasteiger partial charge in [0, 0.05) is 38.1 Å². The van der Waals surface area contributed by atoms with Crippen LogP contribution >= 0.6 is 0 Å². The van der Waals surface area contributed by atoms with Gasteiger partial charge in [-0.3, -0.25) is 9.59 Å². The van der Waals surface area contributed by atoms with Crippen LogP contribution in [-0.2, 0) is 9.59 Å². The van der Waals surface area contributed by atoms with E-state index in [9.17, 15) is 14.4 Å². The van der Waals surface area contributed by atoms with E-state index in [1.54, 1.807) is 4.90 Å². The molecule has 7 heteroatoms. The highest BCUT2D eigenvalue weighted by molar-refractivity contribution is 5.80. The number of carbonyl (C=O) groups is 3. The van der Waals surface area contributed by atoms with Crippen LogP contribution in [0.2, 0.25) is 0 Å². The average molecular weight is 351 g/mol. The number of hydrogen-bond acceptors (Lipinski definition) is 3. The lowest BCUT2D eigenvalue weighted by atomic mass is 9.99. The van der Waals surface area contributed by atoms with Crippen LogP contribution in [0.1, 0.15) is 51.4 Å². The second-order valence-corrected chi connectivity index (χ2v) is 7.67. The first-order chi connectivity index (χ1) is 12.0. The minimum Gasteiger partial charge on any atom is -0.481 e. The summed E-state index contributed by atoms with van der Waals surface area (Å²) in [7, 11) is 0. The molecule has 1 aliphatic carbocycles. The monoisotopic (exact) mass is 351 g/mol. The molecule has 0 aromatic carbocycles. The van der Waals surface area contributed by atoms with Gasteiger partial charge in [-0.1, -0.05) is 0 Å². The molecule has 7 nitrogen and oxygen atoms in total. The molecule has 2 N–H and O–H groups in total. The number of rotatable bonds is 3. The largest absolute Gasteiger partial charge is 0.481 e. The van der Waals surface area contributed by atoms with E-state index in [0.717, 1.165) is 45.2 Å². The Morgan fingerprint density at radius 3 is 2.28 bits per heavy atom. The predicted octanol–water partition coefficient (Wildman–Crippen LogP) is 1.67. The van der Waals surface area contributed by atoms with Crippen LogP contribution in [0.15, 0.2) is 0 Å². The lowest BCUT2D eigenvalue weighted by Gasteiger charge is -2.32. The zero-order valence-electron chi connectivity index (χ0n) is 14.8. The minimum atomic E-state index is -0.828. The zero-order chi connectivity index (χ0) is 17.8. The van der Waals surface area contributed by atoms with E-state index >= 15 is 0 Å². The molecule has 3 rings (SSSR count). The summed E-state index contributed by atoms with van der Waals surface area (Å²) in [5, 5.41) is 12.2. The Kier molecular flexibility index (Phi) is 5.81. The van der Waals surface area contributed by atoms with Crippen molar-refractivity contribution in [1.29, 1.82) is 0 Å². The van der Waals surface area contributed by atoms with Crippen molar-refractivity contribution in [2.45, 2.75) is 57.4 Å². The lowest BCUT2D eigenvalue weighted by molar-refractivity contribution is -0.143. The Bertz CT molecular complexity index is 518. The number of carbonyl (C=O) groups excluding carboxylic acids is 2. The number of likely N-dealkylation sites (tertiary alicyclic amines) is 2. The van der Waals surface area contributed by atoms with Gasteiger partial charge in [0.25, 0.3) is 0 Å². The summed E-state index contributed by atoms with van der Waals surface area (Å²) < 4.78 is 0. The van der Waals surface area contributed by atoms with Gasteiger partial charge < -0.3 is 20.2 Å². The van der Waals surface area contributed by atoms with Crippen molar-refractivity contribution in [3.05, 3.63) is 0 Å². The maximum absolute atomic E-state index is 12.6. The van der Waals surface area contributed by atoms with Gasteiger partial charge in [0.15, 0.2) is 0 Å². The number of nitrogens with one attached hydrogen (secondary N) is 1. The standard InChI is InChI=1S/C18H29N3O4/c22-16(20-8-2-1-3-9-20)13-6-7-15(11-13)19-18(25)21-10-4-5-14(12-21)17(23)24/h13-15H,1-12H2,(H,19,25)(H,23,24)/t13-,14?,15+/m1/s1. The number of urea groups is 1. The van der Waals surface area contributed by atoms with Gasteiger partial charge in [0.05, 0.1) is 5.92 Å². The molecular formula is C18H29N3O4. The predicted molar refractivity (Wildman–Crippen MR) is 92.0 cm³/mol. The second-order valence-electron chi connectivity index (χ2n) is 7.67. The van der Waals surface area contributed by atoms with Gasteiger partial charge in [0.1, 0.15) is 0 Å². The molecule has 3 fully saturated rings. The number of carboxylic acids is 1. The fourth-order valence-corrected chi connectivity index (χ4v) is 4.34.